The zero-order chi connectivity index (χ0) is 11.4. The first-order chi connectivity index (χ1) is 7.35. The van der Waals surface area contributed by atoms with Gasteiger partial charge in [-0.3, -0.25) is 0 Å². The predicted octanol–water partition coefficient (Wildman–Crippen LogP) is 0.883. The van der Waals surface area contributed by atoms with Crippen molar-refractivity contribution in [2.45, 2.75) is 26.3 Å². The first kappa shape index (κ1) is 15.4. The maximum Gasteiger partial charge on any atom is 0.134 e. The van der Waals surface area contributed by atoms with Crippen LogP contribution in [-0.4, -0.2) is 53.2 Å². The third kappa shape index (κ3) is 10.7. The van der Waals surface area contributed by atoms with Crippen LogP contribution in [0.25, 0.3) is 0 Å². The highest BCUT2D eigenvalue weighted by Gasteiger charge is 2.01. The number of thioether (sulfide) groups is 1. The minimum Gasteiger partial charge on any atom is -0.357 e. The van der Waals surface area contributed by atoms with Crippen molar-refractivity contribution in [3.05, 3.63) is 0 Å². The molecule has 0 saturated carbocycles. The van der Waals surface area contributed by atoms with E-state index in [9.17, 15) is 0 Å². The van der Waals surface area contributed by atoms with Gasteiger partial charge >= 0.3 is 0 Å². The van der Waals surface area contributed by atoms with Crippen molar-refractivity contribution in [2.24, 2.45) is 0 Å². The molecule has 1 saturated heterocycles. The van der Waals surface area contributed by atoms with Gasteiger partial charge in [0, 0.05) is 37.8 Å². The van der Waals surface area contributed by atoms with E-state index in [1.165, 1.54) is 24.6 Å². The summed E-state index contributed by atoms with van der Waals surface area (Å²) in [7, 11) is -0.138. The Morgan fingerprint density at radius 3 is 1.93 bits per heavy atom. The van der Waals surface area contributed by atoms with E-state index in [-0.39, 0.29) is 15.4 Å². The maximum absolute atomic E-state index is 5.27. The zero-order valence-electron chi connectivity index (χ0n) is 10.3. The van der Waals surface area contributed by atoms with E-state index >= 15 is 0 Å². The first-order valence-electron chi connectivity index (χ1n) is 5.86. The van der Waals surface area contributed by atoms with Crippen molar-refractivity contribution in [1.82, 2.24) is 5.32 Å². The molecule has 0 atom stereocenters. The fourth-order valence-electron chi connectivity index (χ4n) is 1.17. The Hall–Kier alpha value is 0.447. The van der Waals surface area contributed by atoms with Gasteiger partial charge in [0.1, 0.15) is 5.91 Å². The summed E-state index contributed by atoms with van der Waals surface area (Å²) >= 11 is 2.03. The molecule has 0 amide bonds. The van der Waals surface area contributed by atoms with Crippen LogP contribution in [0.2, 0.25) is 6.55 Å². The zero-order valence-corrected chi connectivity index (χ0v) is 12.5. The molecule has 92 valence electrons. The summed E-state index contributed by atoms with van der Waals surface area (Å²) in [5, 5.41) is 3.26. The Kier molecular flexibility index (Phi) is 12.9. The van der Waals surface area contributed by atoms with Gasteiger partial charge < -0.3 is 14.8 Å². The van der Waals surface area contributed by atoms with Crippen LogP contribution < -0.4 is 5.32 Å². The summed E-state index contributed by atoms with van der Waals surface area (Å²) in [5.74, 6) is 2.76. The molecule has 1 aliphatic rings. The lowest BCUT2D eigenvalue weighted by Gasteiger charge is -2.13. The molecule has 0 spiro atoms. The van der Waals surface area contributed by atoms with E-state index in [4.69, 9.17) is 9.47 Å². The van der Waals surface area contributed by atoms with Gasteiger partial charge in [-0.15, -0.1) is 0 Å². The molecule has 1 rings (SSSR count). The molecule has 0 aliphatic carbocycles. The molecule has 0 radical (unpaired) electrons. The topological polar surface area (TPSA) is 30.5 Å². The minimum atomic E-state index is -0.138. The molecular formula is C10H25NO2SSi. The van der Waals surface area contributed by atoms with Gasteiger partial charge in [-0.25, -0.2) is 0 Å². The predicted molar refractivity (Wildman–Crippen MR) is 71.6 cm³/mol. The van der Waals surface area contributed by atoms with Gasteiger partial charge in [-0.1, -0.05) is 6.55 Å². The van der Waals surface area contributed by atoms with Crippen LogP contribution in [0, 0.1) is 0 Å². The van der Waals surface area contributed by atoms with Crippen molar-refractivity contribution < 1.29 is 9.47 Å². The third-order valence-electron chi connectivity index (χ3n) is 1.88. The van der Waals surface area contributed by atoms with E-state index in [2.05, 4.69) is 11.9 Å². The van der Waals surface area contributed by atoms with Crippen molar-refractivity contribution in [3.8, 4) is 0 Å². The largest absolute Gasteiger partial charge is 0.357 e. The Bertz CT molecular complexity index is 108. The van der Waals surface area contributed by atoms with Gasteiger partial charge in [0.2, 0.25) is 0 Å². The lowest BCUT2D eigenvalue weighted by atomic mass is 10.6. The molecule has 1 heterocycles. The van der Waals surface area contributed by atoms with Crippen molar-refractivity contribution in [2.75, 3.05) is 37.8 Å². The van der Waals surface area contributed by atoms with Gasteiger partial charge in [0.05, 0.1) is 9.52 Å². The van der Waals surface area contributed by atoms with Gasteiger partial charge in [0.25, 0.3) is 0 Å². The van der Waals surface area contributed by atoms with Crippen LogP contribution in [0.5, 0.6) is 0 Å². The normalized spacial score (nSPS) is 16.8. The quantitative estimate of drug-likeness (QED) is 0.580. The van der Waals surface area contributed by atoms with E-state index < -0.39 is 0 Å². The van der Waals surface area contributed by atoms with Crippen LogP contribution in [-0.2, 0) is 9.47 Å². The summed E-state index contributed by atoms with van der Waals surface area (Å²) in [5.41, 5.74) is 0. The van der Waals surface area contributed by atoms with Crippen molar-refractivity contribution >= 4 is 21.3 Å². The van der Waals surface area contributed by atoms with Gasteiger partial charge in [-0.05, 0) is 13.8 Å². The Balaban J connectivity index is 0.000000280. The molecule has 0 aromatic rings. The van der Waals surface area contributed by atoms with Crippen LogP contribution >= 0.6 is 11.8 Å². The molecule has 3 nitrogen and oxygen atoms in total. The highest BCUT2D eigenvalue weighted by molar-refractivity contribution is 7.99. The maximum atomic E-state index is 5.27. The monoisotopic (exact) mass is 251 g/mol. The SMILES string of the molecule is C1CSCCN1.CCOC(OCC)[SiH2]C. The second kappa shape index (κ2) is 12.5. The average molecular weight is 251 g/mol. The molecule has 0 aromatic heterocycles. The number of nitrogens with one attached hydrogen (secondary N) is 1. The van der Waals surface area contributed by atoms with Crippen molar-refractivity contribution in [1.29, 1.82) is 0 Å². The van der Waals surface area contributed by atoms with Crippen molar-refractivity contribution in [3.63, 3.8) is 0 Å². The molecule has 1 fully saturated rings. The van der Waals surface area contributed by atoms with Crippen LogP contribution in [0.15, 0.2) is 0 Å². The molecule has 0 bridgehead atoms. The number of rotatable bonds is 5. The molecule has 15 heavy (non-hydrogen) atoms. The lowest BCUT2D eigenvalue weighted by Crippen LogP contribution is -2.24. The number of hydrogen-bond acceptors (Lipinski definition) is 4. The summed E-state index contributed by atoms with van der Waals surface area (Å²) < 4.78 is 10.5. The van der Waals surface area contributed by atoms with E-state index in [1.807, 2.05) is 25.6 Å². The fraction of sp³-hybridized carbons (Fsp3) is 1.00. The van der Waals surface area contributed by atoms with E-state index in [0.717, 1.165) is 13.2 Å². The van der Waals surface area contributed by atoms with E-state index in [0.29, 0.717) is 0 Å². The molecule has 5 heteroatoms. The summed E-state index contributed by atoms with van der Waals surface area (Å²) in [4.78, 5) is 0. The molecule has 0 aromatic carbocycles. The number of hydrogen-bond donors (Lipinski definition) is 1. The standard InChI is InChI=1S/C6H16O2Si.C4H9NS/c1-4-7-6(9-3)8-5-2;1-3-6-4-2-5-1/h6H,4-5,9H2,1-3H3;5H,1-4H2. The Labute approximate surface area is 100 Å². The summed E-state index contributed by atoms with van der Waals surface area (Å²) in [6.45, 7) is 10.1. The molecule has 1 aliphatic heterocycles. The Morgan fingerprint density at radius 2 is 1.73 bits per heavy atom. The second-order valence-corrected chi connectivity index (χ2v) is 5.82. The molecular weight excluding hydrogens is 226 g/mol. The highest BCUT2D eigenvalue weighted by Crippen LogP contribution is 1.99. The fourth-order valence-corrected chi connectivity index (χ4v) is 2.90. The highest BCUT2D eigenvalue weighted by atomic mass is 32.2. The van der Waals surface area contributed by atoms with Gasteiger partial charge in [-0.2, -0.15) is 11.8 Å². The smallest absolute Gasteiger partial charge is 0.134 e. The second-order valence-electron chi connectivity index (χ2n) is 3.11. The summed E-state index contributed by atoms with van der Waals surface area (Å²) in [6, 6.07) is 0. The summed E-state index contributed by atoms with van der Waals surface area (Å²) in [6.07, 6.45) is 0. The van der Waals surface area contributed by atoms with Crippen LogP contribution in [0.3, 0.4) is 0 Å². The third-order valence-corrected chi connectivity index (χ3v) is 4.01. The first-order valence-corrected chi connectivity index (χ1v) is 9.25. The van der Waals surface area contributed by atoms with Crippen LogP contribution in [0.4, 0.5) is 0 Å². The van der Waals surface area contributed by atoms with E-state index in [1.54, 1.807) is 0 Å². The van der Waals surface area contributed by atoms with Gasteiger partial charge in [0.15, 0.2) is 0 Å². The number of ether oxygens (including phenoxy) is 2. The average Bonchev–Trinajstić information content (AvgIpc) is 2.32. The molecule has 1 N–H and O–H groups in total. The minimum absolute atomic E-state index is 0.138. The molecule has 0 unspecified atom stereocenters. The Morgan fingerprint density at radius 1 is 1.20 bits per heavy atom. The van der Waals surface area contributed by atoms with Crippen LogP contribution in [0.1, 0.15) is 13.8 Å². The lowest BCUT2D eigenvalue weighted by molar-refractivity contribution is -0.0823.